The van der Waals surface area contributed by atoms with Crippen LogP contribution in [0.15, 0.2) is 18.2 Å². The van der Waals surface area contributed by atoms with Gasteiger partial charge in [-0.05, 0) is 31.5 Å². The van der Waals surface area contributed by atoms with E-state index >= 15 is 0 Å². The first-order chi connectivity index (χ1) is 10.7. The molecular weight excluding hydrogens is 298 g/mol. The number of nitrogens with zero attached hydrogens (tertiary/aromatic N) is 2. The Bertz CT molecular complexity index is 671. The molecule has 2 rings (SSSR count). The van der Waals surface area contributed by atoms with E-state index in [2.05, 4.69) is 5.32 Å². The molecule has 1 unspecified atom stereocenters. The van der Waals surface area contributed by atoms with Crippen molar-refractivity contribution < 1.29 is 19.1 Å². The molecule has 23 heavy (non-hydrogen) atoms. The molecule has 0 aromatic heterocycles. The van der Waals surface area contributed by atoms with Crippen molar-refractivity contribution in [3.05, 3.63) is 23.8 Å². The second kappa shape index (κ2) is 5.91. The zero-order valence-corrected chi connectivity index (χ0v) is 14.0. The van der Waals surface area contributed by atoms with Crippen LogP contribution in [0.2, 0.25) is 0 Å². The topological polar surface area (TPSA) is 79.0 Å². The van der Waals surface area contributed by atoms with E-state index in [1.165, 1.54) is 16.7 Å². The number of likely N-dealkylation sites (N-methyl/N-ethyl adjacent to an activating group) is 2. The smallest absolute Gasteiger partial charge is 0.280 e. The summed E-state index contributed by atoms with van der Waals surface area (Å²) in [6.07, 6.45) is 0. The van der Waals surface area contributed by atoms with Crippen LogP contribution in [0.4, 0.5) is 5.69 Å². The number of carbonyl (C=O) groups is 3. The molecule has 0 saturated carbocycles. The first kappa shape index (κ1) is 16.8. The number of rotatable bonds is 3. The van der Waals surface area contributed by atoms with Crippen LogP contribution in [-0.2, 0) is 14.4 Å². The maximum absolute atomic E-state index is 12.6. The van der Waals surface area contributed by atoms with Gasteiger partial charge >= 0.3 is 0 Å². The second-order valence-electron chi connectivity index (χ2n) is 5.94. The van der Waals surface area contributed by atoms with Gasteiger partial charge in [-0.15, -0.1) is 0 Å². The van der Waals surface area contributed by atoms with Crippen LogP contribution in [-0.4, -0.2) is 55.9 Å². The molecule has 0 fully saturated rings. The summed E-state index contributed by atoms with van der Waals surface area (Å²) in [4.78, 5) is 39.4. The lowest BCUT2D eigenvalue weighted by atomic mass is 10.00. The highest BCUT2D eigenvalue weighted by Crippen LogP contribution is 2.37. The number of hydrogen-bond donors (Lipinski definition) is 1. The van der Waals surface area contributed by atoms with E-state index in [0.717, 1.165) is 5.56 Å². The Morgan fingerprint density at radius 1 is 1.35 bits per heavy atom. The predicted octanol–water partition coefficient (Wildman–Crippen LogP) is 0.313. The van der Waals surface area contributed by atoms with Crippen LogP contribution in [0.25, 0.3) is 0 Å². The number of aryl methyl sites for hydroxylation is 1. The normalized spacial score (nSPS) is 19.7. The monoisotopic (exact) mass is 319 g/mol. The molecule has 0 bridgehead atoms. The summed E-state index contributed by atoms with van der Waals surface area (Å²) in [5, 5.41) is 2.46. The number of hydrogen-bond acceptors (Lipinski definition) is 4. The number of fused-ring (bicyclic) bond motifs is 1. The summed E-state index contributed by atoms with van der Waals surface area (Å²) in [5.41, 5.74) is -0.106. The lowest BCUT2D eigenvalue weighted by molar-refractivity contribution is -0.149. The molecule has 1 aromatic carbocycles. The predicted molar refractivity (Wildman–Crippen MR) is 85.3 cm³/mol. The molecule has 7 heteroatoms. The fourth-order valence-electron chi connectivity index (χ4n) is 2.29. The van der Waals surface area contributed by atoms with Gasteiger partial charge in [0.25, 0.3) is 17.4 Å². The van der Waals surface area contributed by atoms with Gasteiger partial charge in [0.15, 0.2) is 0 Å². The standard InChI is InChI=1S/C16H21N3O4/c1-10-6-7-12-11(8-10)19(5)15(22)16(2,23-12)14(21)17-9-13(20)18(3)4/h6-8H,9H2,1-5H3,(H,17,21). The average molecular weight is 319 g/mol. The lowest BCUT2D eigenvalue weighted by Crippen LogP contribution is -2.62. The summed E-state index contributed by atoms with van der Waals surface area (Å²) in [6.45, 7) is 3.12. The van der Waals surface area contributed by atoms with Gasteiger partial charge in [0.05, 0.1) is 12.2 Å². The van der Waals surface area contributed by atoms with Gasteiger partial charge in [0, 0.05) is 21.1 Å². The van der Waals surface area contributed by atoms with Crippen LogP contribution in [0.1, 0.15) is 12.5 Å². The number of nitrogens with one attached hydrogen (secondary N) is 1. The molecule has 0 aliphatic carbocycles. The minimum absolute atomic E-state index is 0.192. The van der Waals surface area contributed by atoms with Crippen molar-refractivity contribution in [1.82, 2.24) is 10.2 Å². The Morgan fingerprint density at radius 3 is 2.61 bits per heavy atom. The number of anilines is 1. The lowest BCUT2D eigenvalue weighted by Gasteiger charge is -2.38. The van der Waals surface area contributed by atoms with E-state index in [0.29, 0.717) is 11.4 Å². The van der Waals surface area contributed by atoms with E-state index in [-0.39, 0.29) is 12.5 Å². The third-order valence-electron chi connectivity index (χ3n) is 3.83. The van der Waals surface area contributed by atoms with E-state index < -0.39 is 17.4 Å². The Labute approximate surface area is 135 Å². The van der Waals surface area contributed by atoms with Gasteiger partial charge in [0.1, 0.15) is 5.75 Å². The number of ether oxygens (including phenoxy) is 1. The van der Waals surface area contributed by atoms with Crippen molar-refractivity contribution in [2.24, 2.45) is 0 Å². The summed E-state index contributed by atoms with van der Waals surface area (Å²) in [7, 11) is 4.77. The Morgan fingerprint density at radius 2 is 2.00 bits per heavy atom. The average Bonchev–Trinajstić information content (AvgIpc) is 2.50. The minimum Gasteiger partial charge on any atom is -0.466 e. The fraction of sp³-hybridized carbons (Fsp3) is 0.438. The van der Waals surface area contributed by atoms with Crippen molar-refractivity contribution >= 4 is 23.4 Å². The second-order valence-corrected chi connectivity index (χ2v) is 5.94. The molecule has 1 N–H and O–H groups in total. The molecule has 1 atom stereocenters. The van der Waals surface area contributed by atoms with Gasteiger partial charge in [-0.25, -0.2) is 0 Å². The van der Waals surface area contributed by atoms with Crippen LogP contribution < -0.4 is 15.0 Å². The highest BCUT2D eigenvalue weighted by atomic mass is 16.5. The van der Waals surface area contributed by atoms with Gasteiger partial charge in [-0.2, -0.15) is 0 Å². The number of benzene rings is 1. The number of carbonyl (C=O) groups excluding carboxylic acids is 3. The molecule has 1 heterocycles. The van der Waals surface area contributed by atoms with Crippen LogP contribution in [0.3, 0.4) is 0 Å². The van der Waals surface area contributed by atoms with Crippen molar-refractivity contribution in [1.29, 1.82) is 0 Å². The summed E-state index contributed by atoms with van der Waals surface area (Å²) in [5.74, 6) is -0.940. The first-order valence-electron chi connectivity index (χ1n) is 7.23. The fourth-order valence-corrected chi connectivity index (χ4v) is 2.29. The quantitative estimate of drug-likeness (QED) is 0.814. The summed E-state index contributed by atoms with van der Waals surface area (Å²) < 4.78 is 5.68. The Hall–Kier alpha value is -2.57. The Balaban J connectivity index is 2.24. The highest BCUT2D eigenvalue weighted by Gasteiger charge is 2.49. The van der Waals surface area contributed by atoms with E-state index in [1.54, 1.807) is 27.2 Å². The zero-order valence-electron chi connectivity index (χ0n) is 14.0. The third-order valence-corrected chi connectivity index (χ3v) is 3.83. The van der Waals surface area contributed by atoms with Crippen LogP contribution in [0.5, 0.6) is 5.75 Å². The molecule has 1 aromatic rings. The molecule has 0 saturated heterocycles. The Kier molecular flexibility index (Phi) is 4.31. The minimum atomic E-state index is -1.70. The molecule has 1 aliphatic heterocycles. The summed E-state index contributed by atoms with van der Waals surface area (Å²) in [6, 6.07) is 5.39. The first-order valence-corrected chi connectivity index (χ1v) is 7.23. The van der Waals surface area contributed by atoms with Crippen LogP contribution in [0, 0.1) is 6.92 Å². The largest absolute Gasteiger partial charge is 0.466 e. The van der Waals surface area contributed by atoms with Gasteiger partial charge in [-0.1, -0.05) is 6.07 Å². The third kappa shape index (κ3) is 2.99. The molecule has 124 valence electrons. The SMILES string of the molecule is Cc1ccc2c(c1)N(C)C(=O)C(C)(C(=O)NCC(=O)N(C)C)O2. The number of amides is 3. The van der Waals surface area contributed by atoms with E-state index in [9.17, 15) is 14.4 Å². The molecular formula is C16H21N3O4. The van der Waals surface area contributed by atoms with E-state index in [4.69, 9.17) is 4.74 Å². The molecule has 7 nitrogen and oxygen atoms in total. The highest BCUT2D eigenvalue weighted by molar-refractivity contribution is 6.16. The van der Waals surface area contributed by atoms with Crippen molar-refractivity contribution in [3.8, 4) is 5.75 Å². The maximum atomic E-state index is 12.6. The van der Waals surface area contributed by atoms with Crippen LogP contribution >= 0.6 is 0 Å². The molecule has 0 radical (unpaired) electrons. The van der Waals surface area contributed by atoms with Crippen molar-refractivity contribution in [2.75, 3.05) is 32.6 Å². The van der Waals surface area contributed by atoms with Crippen molar-refractivity contribution in [2.45, 2.75) is 19.4 Å². The maximum Gasteiger partial charge on any atom is 0.280 e. The zero-order chi connectivity index (χ0) is 17.4. The molecule has 1 aliphatic rings. The van der Waals surface area contributed by atoms with Gasteiger partial charge in [-0.3, -0.25) is 14.4 Å². The van der Waals surface area contributed by atoms with E-state index in [1.807, 2.05) is 19.1 Å². The van der Waals surface area contributed by atoms with Gasteiger partial charge in [0.2, 0.25) is 5.91 Å². The summed E-state index contributed by atoms with van der Waals surface area (Å²) >= 11 is 0. The van der Waals surface area contributed by atoms with Gasteiger partial charge < -0.3 is 19.9 Å². The molecule has 0 spiro atoms. The van der Waals surface area contributed by atoms with Crippen molar-refractivity contribution in [3.63, 3.8) is 0 Å². The molecule has 3 amide bonds.